The van der Waals surface area contributed by atoms with Gasteiger partial charge in [0.25, 0.3) is 5.56 Å². The number of aliphatic hydroxyl groups is 1. The van der Waals surface area contributed by atoms with E-state index in [-0.39, 0.29) is 12.0 Å². The molecule has 1 aromatic carbocycles. The monoisotopic (exact) mass is 464 g/mol. The fourth-order valence-electron chi connectivity index (χ4n) is 3.98. The summed E-state index contributed by atoms with van der Waals surface area (Å²) in [5.74, 6) is -1.24. The van der Waals surface area contributed by atoms with Gasteiger partial charge in [0.2, 0.25) is 6.79 Å². The number of ether oxygens (including phenoxy) is 2. The third-order valence-electron chi connectivity index (χ3n) is 6.08. The number of benzene rings is 1. The smallest absolute Gasteiger partial charge is 0.314 e. The summed E-state index contributed by atoms with van der Waals surface area (Å²) in [5.41, 5.74) is 0.708. The number of pyridine rings is 2. The molecule has 8 nitrogen and oxygen atoms in total. The average molecular weight is 465 g/mol. The Morgan fingerprint density at radius 1 is 1.12 bits per heavy atom. The van der Waals surface area contributed by atoms with Crippen LogP contribution in [-0.4, -0.2) is 33.4 Å². The minimum atomic E-state index is -1.63. The lowest BCUT2D eigenvalue weighted by Gasteiger charge is -2.27. The van der Waals surface area contributed by atoms with Crippen molar-refractivity contribution in [3.8, 4) is 11.4 Å². The van der Waals surface area contributed by atoms with Crippen molar-refractivity contribution in [2.45, 2.75) is 52.7 Å². The topological polar surface area (TPSA) is 108 Å². The van der Waals surface area contributed by atoms with Crippen molar-refractivity contribution in [1.29, 1.82) is 0 Å². The number of hydrogen-bond acceptors (Lipinski definition) is 7. The largest absolute Gasteiger partial charge is 0.428 e. The van der Waals surface area contributed by atoms with Crippen LogP contribution in [0.25, 0.3) is 22.3 Å². The van der Waals surface area contributed by atoms with E-state index in [9.17, 15) is 19.5 Å². The number of nitrogens with zero attached hydrogens (tertiary/aromatic N) is 2. The first kappa shape index (κ1) is 23.6. The lowest BCUT2D eigenvalue weighted by molar-refractivity contribution is -0.175. The number of rotatable bonds is 6. The molecule has 1 aliphatic heterocycles. The van der Waals surface area contributed by atoms with Crippen LogP contribution in [0.2, 0.25) is 0 Å². The van der Waals surface area contributed by atoms with Crippen LogP contribution in [-0.2, 0) is 31.2 Å². The molecule has 0 spiro atoms. The number of hydrogen-bond donors (Lipinski definition) is 1. The maximum Gasteiger partial charge on any atom is 0.314 e. The van der Waals surface area contributed by atoms with Gasteiger partial charge in [-0.1, -0.05) is 25.1 Å². The van der Waals surface area contributed by atoms with Gasteiger partial charge in [-0.3, -0.25) is 14.4 Å². The van der Waals surface area contributed by atoms with Gasteiger partial charge in [0, 0.05) is 17.0 Å². The first-order valence-electron chi connectivity index (χ1n) is 11.2. The molecular weight excluding hydrogens is 436 g/mol. The second-order valence-corrected chi connectivity index (χ2v) is 9.62. The van der Waals surface area contributed by atoms with Crippen molar-refractivity contribution in [3.63, 3.8) is 0 Å². The van der Waals surface area contributed by atoms with E-state index in [4.69, 9.17) is 14.5 Å². The lowest BCUT2D eigenvalue weighted by Crippen LogP contribution is -2.32. The van der Waals surface area contributed by atoms with Gasteiger partial charge in [0.1, 0.15) is 5.60 Å². The molecule has 0 amide bonds. The highest BCUT2D eigenvalue weighted by Gasteiger charge is 2.34. The average Bonchev–Trinajstić information content (AvgIpc) is 3.14. The predicted molar refractivity (Wildman–Crippen MR) is 126 cm³/mol. The number of carbonyl (C=O) groups excluding carboxylic acids is 2. The van der Waals surface area contributed by atoms with E-state index in [0.29, 0.717) is 23.5 Å². The molecule has 3 heterocycles. The molecule has 8 heteroatoms. The maximum atomic E-state index is 12.9. The Balaban J connectivity index is 1.58. The first-order valence-corrected chi connectivity index (χ1v) is 11.2. The lowest BCUT2D eigenvalue weighted by atomic mass is 9.88. The Morgan fingerprint density at radius 2 is 1.85 bits per heavy atom. The first-order chi connectivity index (χ1) is 16.0. The molecule has 0 fully saturated rings. The van der Waals surface area contributed by atoms with Crippen LogP contribution >= 0.6 is 0 Å². The van der Waals surface area contributed by atoms with Gasteiger partial charge in [-0.05, 0) is 51.0 Å². The zero-order valence-electron chi connectivity index (χ0n) is 19.8. The summed E-state index contributed by atoms with van der Waals surface area (Å²) in [6.07, 6.45) is -0.220. The minimum Gasteiger partial charge on any atom is -0.428 e. The molecule has 34 heavy (non-hydrogen) atoms. The van der Waals surface area contributed by atoms with Crippen LogP contribution in [0.15, 0.2) is 47.3 Å². The minimum absolute atomic E-state index is 0.171. The standard InChI is InChI=1S/C26H28N2O6/c1-5-26(32,13-22(30)33-15-34-24(31)25(2,3)4)18-11-20-23-17(14-28(20)21(29)12-18)10-16-8-6-7-9-19(16)27-23/h6-12,32H,5,13-15H2,1-4H3. The third-order valence-corrected chi connectivity index (χ3v) is 6.08. The SMILES string of the molecule is CCC(O)(CC(=O)OCOC(=O)C(C)(C)C)c1cc2n(c(=O)c1)Cc1cc3ccccc3nc1-2. The van der Waals surface area contributed by atoms with Crippen molar-refractivity contribution in [3.05, 3.63) is 63.9 Å². The molecule has 1 unspecified atom stereocenters. The molecule has 1 N–H and O–H groups in total. The number of fused-ring (bicyclic) bond motifs is 4. The molecule has 178 valence electrons. The number of carbonyl (C=O) groups is 2. The zero-order valence-corrected chi connectivity index (χ0v) is 19.8. The molecule has 1 aliphatic rings. The summed E-state index contributed by atoms with van der Waals surface area (Å²) in [7, 11) is 0. The summed E-state index contributed by atoms with van der Waals surface area (Å²) in [6.45, 7) is 6.65. The maximum absolute atomic E-state index is 12.9. The summed E-state index contributed by atoms with van der Waals surface area (Å²) >= 11 is 0. The molecule has 0 saturated carbocycles. The summed E-state index contributed by atoms with van der Waals surface area (Å²) in [6, 6.07) is 12.8. The van der Waals surface area contributed by atoms with Crippen LogP contribution in [0.4, 0.5) is 0 Å². The van der Waals surface area contributed by atoms with Crippen LogP contribution in [0.5, 0.6) is 0 Å². The van der Waals surface area contributed by atoms with Crippen LogP contribution in [0.1, 0.15) is 51.7 Å². The highest BCUT2D eigenvalue weighted by molar-refractivity contribution is 5.84. The summed E-state index contributed by atoms with van der Waals surface area (Å²) in [5, 5.41) is 12.3. The number of aromatic nitrogens is 2. The second kappa shape index (κ2) is 8.68. The molecule has 1 atom stereocenters. The second-order valence-electron chi connectivity index (χ2n) is 9.62. The molecular formula is C26H28N2O6. The number of para-hydroxylation sites is 1. The summed E-state index contributed by atoms with van der Waals surface area (Å²) < 4.78 is 11.6. The normalized spacial score (nSPS) is 14.3. The van der Waals surface area contributed by atoms with Crippen molar-refractivity contribution >= 4 is 22.8 Å². The van der Waals surface area contributed by atoms with E-state index in [0.717, 1.165) is 16.5 Å². The zero-order chi connectivity index (χ0) is 24.7. The Kier molecular flexibility index (Phi) is 6.03. The van der Waals surface area contributed by atoms with Gasteiger partial charge in [0.15, 0.2) is 0 Å². The molecule has 0 bridgehead atoms. The van der Waals surface area contributed by atoms with Crippen molar-refractivity contribution < 1.29 is 24.2 Å². The van der Waals surface area contributed by atoms with E-state index in [1.165, 1.54) is 6.07 Å². The fourth-order valence-corrected chi connectivity index (χ4v) is 3.98. The van der Waals surface area contributed by atoms with Crippen LogP contribution < -0.4 is 5.56 Å². The highest BCUT2D eigenvalue weighted by atomic mass is 16.7. The quantitative estimate of drug-likeness (QED) is 0.344. The van der Waals surface area contributed by atoms with Crippen LogP contribution in [0.3, 0.4) is 0 Å². The molecule has 0 saturated heterocycles. The summed E-state index contributed by atoms with van der Waals surface area (Å²) in [4.78, 5) is 41.9. The molecule has 0 radical (unpaired) electrons. The molecule has 2 aromatic heterocycles. The fraction of sp³-hybridized carbons (Fsp3) is 0.385. The van der Waals surface area contributed by atoms with Crippen molar-refractivity contribution in [2.75, 3.05) is 6.79 Å². The van der Waals surface area contributed by atoms with E-state index in [1.54, 1.807) is 38.3 Å². The van der Waals surface area contributed by atoms with Gasteiger partial charge in [-0.2, -0.15) is 0 Å². The van der Waals surface area contributed by atoms with Gasteiger partial charge in [-0.15, -0.1) is 0 Å². The van der Waals surface area contributed by atoms with E-state index < -0.39 is 36.2 Å². The van der Waals surface area contributed by atoms with Gasteiger partial charge < -0.3 is 19.1 Å². The Bertz CT molecular complexity index is 1340. The molecule has 0 aliphatic carbocycles. The Morgan fingerprint density at radius 3 is 2.56 bits per heavy atom. The number of esters is 2. The molecule has 4 rings (SSSR count). The Hall–Kier alpha value is -3.52. The predicted octanol–water partition coefficient (Wildman–Crippen LogP) is 3.50. The van der Waals surface area contributed by atoms with Crippen molar-refractivity contribution in [1.82, 2.24) is 9.55 Å². The highest BCUT2D eigenvalue weighted by Crippen LogP contribution is 2.35. The van der Waals surface area contributed by atoms with Crippen molar-refractivity contribution in [2.24, 2.45) is 5.41 Å². The van der Waals surface area contributed by atoms with Gasteiger partial charge >= 0.3 is 11.9 Å². The van der Waals surface area contributed by atoms with Crippen LogP contribution in [0, 0.1) is 5.41 Å². The van der Waals surface area contributed by atoms with E-state index in [2.05, 4.69) is 0 Å². The van der Waals surface area contributed by atoms with Gasteiger partial charge in [0.05, 0.1) is 35.3 Å². The Labute approximate surface area is 197 Å². The molecule has 3 aromatic rings. The van der Waals surface area contributed by atoms with Gasteiger partial charge in [-0.25, -0.2) is 4.98 Å². The third kappa shape index (κ3) is 4.46. The van der Waals surface area contributed by atoms with E-state index >= 15 is 0 Å². The van der Waals surface area contributed by atoms with E-state index in [1.807, 2.05) is 30.3 Å².